The molecule has 1 aliphatic heterocycles. The van der Waals surface area contributed by atoms with Crippen molar-refractivity contribution in [3.8, 4) is 0 Å². The van der Waals surface area contributed by atoms with E-state index in [4.69, 9.17) is 5.14 Å². The molecule has 0 unspecified atom stereocenters. The molecule has 0 saturated carbocycles. The van der Waals surface area contributed by atoms with Crippen molar-refractivity contribution in [2.24, 2.45) is 5.14 Å². The van der Waals surface area contributed by atoms with Gasteiger partial charge in [-0.1, -0.05) is 0 Å². The molecule has 2 rings (SSSR count). The molecule has 88 valence electrons. The maximum atomic E-state index is 11.3. The zero-order chi connectivity index (χ0) is 12.6. The van der Waals surface area contributed by atoms with Crippen LogP contribution in [0.3, 0.4) is 0 Å². The van der Waals surface area contributed by atoms with E-state index in [-0.39, 0.29) is 10.7 Å². The highest BCUT2D eigenvalue weighted by atomic mass is 32.2. The minimum absolute atomic E-state index is 0.0531. The summed E-state index contributed by atoms with van der Waals surface area (Å²) >= 11 is 0. The maximum absolute atomic E-state index is 11.3. The number of carbonyl (C=O) groups is 2. The van der Waals surface area contributed by atoms with Crippen LogP contribution in [0.15, 0.2) is 35.4 Å². The van der Waals surface area contributed by atoms with Crippen molar-refractivity contribution in [3.63, 3.8) is 0 Å². The highest BCUT2D eigenvalue weighted by Crippen LogP contribution is 2.17. The molecule has 17 heavy (non-hydrogen) atoms. The van der Waals surface area contributed by atoms with Crippen LogP contribution in [0.5, 0.6) is 0 Å². The number of amides is 2. The van der Waals surface area contributed by atoms with Crippen molar-refractivity contribution in [2.45, 2.75) is 4.90 Å². The van der Waals surface area contributed by atoms with E-state index in [9.17, 15) is 18.0 Å². The fourth-order valence-corrected chi connectivity index (χ4v) is 1.76. The monoisotopic (exact) mass is 253 g/mol. The number of hydrogen-bond donors (Lipinski definition) is 1. The molecule has 2 amide bonds. The fraction of sp³-hybridized carbons (Fsp3) is 0. The van der Waals surface area contributed by atoms with Crippen molar-refractivity contribution in [2.75, 3.05) is 4.90 Å². The number of rotatable bonds is 2. The Balaban J connectivity index is 2.37. The number of nitrogens with zero attached hydrogens (tertiary/aromatic N) is 2. The molecule has 0 bridgehead atoms. The molecule has 7 nitrogen and oxygen atoms in total. The highest BCUT2D eigenvalue weighted by molar-refractivity contribution is 7.89. The Hall–Kier alpha value is -2.06. The number of imide groups is 1. The lowest BCUT2D eigenvalue weighted by atomic mass is 10.4. The van der Waals surface area contributed by atoms with E-state index in [0.717, 1.165) is 23.2 Å². The van der Waals surface area contributed by atoms with E-state index in [1.807, 2.05) is 0 Å². The van der Waals surface area contributed by atoms with Gasteiger partial charge in [0.25, 0.3) is 11.8 Å². The molecule has 0 aromatic carbocycles. The molecule has 0 radical (unpaired) electrons. The number of primary sulfonamides is 1. The Morgan fingerprint density at radius 2 is 1.71 bits per heavy atom. The van der Waals surface area contributed by atoms with Gasteiger partial charge < -0.3 is 0 Å². The van der Waals surface area contributed by atoms with Crippen LogP contribution in [0, 0.1) is 0 Å². The molecule has 0 saturated heterocycles. The van der Waals surface area contributed by atoms with Gasteiger partial charge in [-0.05, 0) is 12.1 Å². The smallest absolute Gasteiger partial charge is 0.259 e. The van der Waals surface area contributed by atoms with Gasteiger partial charge in [0.05, 0.1) is 0 Å². The third kappa shape index (κ3) is 2.08. The Morgan fingerprint density at radius 3 is 2.12 bits per heavy atom. The van der Waals surface area contributed by atoms with Crippen LogP contribution < -0.4 is 10.0 Å². The van der Waals surface area contributed by atoms with Gasteiger partial charge in [-0.2, -0.15) is 0 Å². The van der Waals surface area contributed by atoms with E-state index >= 15 is 0 Å². The molecule has 8 heteroatoms. The third-order valence-corrected chi connectivity index (χ3v) is 2.99. The van der Waals surface area contributed by atoms with Gasteiger partial charge in [-0.25, -0.2) is 23.4 Å². The molecule has 2 heterocycles. The number of hydrogen-bond acceptors (Lipinski definition) is 5. The van der Waals surface area contributed by atoms with Crippen LogP contribution in [0.4, 0.5) is 5.82 Å². The molecule has 0 spiro atoms. The summed E-state index contributed by atoms with van der Waals surface area (Å²) in [5, 5.41) is 4.89. The van der Waals surface area contributed by atoms with Crippen LogP contribution in [0.25, 0.3) is 0 Å². The van der Waals surface area contributed by atoms with Gasteiger partial charge in [0.1, 0.15) is 10.7 Å². The first-order valence-corrected chi connectivity index (χ1v) is 5.99. The second kappa shape index (κ2) is 3.75. The molecular weight excluding hydrogens is 246 g/mol. The van der Waals surface area contributed by atoms with E-state index in [1.165, 1.54) is 12.1 Å². The lowest BCUT2D eigenvalue weighted by Gasteiger charge is -2.12. The molecule has 2 N–H and O–H groups in total. The van der Waals surface area contributed by atoms with Gasteiger partial charge in [0, 0.05) is 18.3 Å². The van der Waals surface area contributed by atoms with Gasteiger partial charge >= 0.3 is 0 Å². The van der Waals surface area contributed by atoms with Gasteiger partial charge in [0.2, 0.25) is 10.0 Å². The molecule has 1 aliphatic rings. The SMILES string of the molecule is NS(=O)(=O)c1ccc(N2C(=O)C=CC2=O)nc1. The number of aromatic nitrogens is 1. The third-order valence-electron chi connectivity index (χ3n) is 2.09. The van der Waals surface area contributed by atoms with Crippen LogP contribution in [-0.4, -0.2) is 25.2 Å². The molecular formula is C9H7N3O4S. The Labute approximate surface area is 96.6 Å². The maximum Gasteiger partial charge on any atom is 0.259 e. The standard InChI is InChI=1S/C9H7N3O4S/c10-17(15,16)6-1-2-7(11-5-6)12-8(13)3-4-9(12)14/h1-5H,(H2,10,15,16). The van der Waals surface area contributed by atoms with E-state index in [2.05, 4.69) is 4.98 Å². The second-order valence-corrected chi connectivity index (χ2v) is 4.80. The molecule has 0 fully saturated rings. The Bertz CT molecular complexity index is 600. The number of sulfonamides is 1. The number of anilines is 1. The minimum Gasteiger partial charge on any atom is -0.269 e. The summed E-state index contributed by atoms with van der Waals surface area (Å²) in [6.45, 7) is 0. The molecule has 0 aliphatic carbocycles. The molecule has 0 atom stereocenters. The van der Waals surface area contributed by atoms with Crippen LogP contribution in [-0.2, 0) is 19.6 Å². The Kier molecular flexibility index (Phi) is 2.52. The number of pyridine rings is 1. The largest absolute Gasteiger partial charge is 0.269 e. The second-order valence-electron chi connectivity index (χ2n) is 3.24. The van der Waals surface area contributed by atoms with E-state index < -0.39 is 21.8 Å². The lowest BCUT2D eigenvalue weighted by molar-refractivity contribution is -0.120. The lowest BCUT2D eigenvalue weighted by Crippen LogP contribution is -2.30. The summed E-state index contributed by atoms with van der Waals surface area (Å²) in [6.07, 6.45) is 3.21. The average molecular weight is 253 g/mol. The summed E-state index contributed by atoms with van der Waals surface area (Å²) in [6, 6.07) is 2.42. The topological polar surface area (TPSA) is 110 Å². The number of carbonyl (C=O) groups excluding carboxylic acids is 2. The average Bonchev–Trinajstić information content (AvgIpc) is 2.58. The quantitative estimate of drug-likeness (QED) is 0.691. The number of nitrogens with two attached hydrogens (primary N) is 1. The predicted octanol–water partition coefficient (Wildman–Crippen LogP) is -0.842. The first-order chi connectivity index (χ1) is 7.89. The van der Waals surface area contributed by atoms with Crippen LogP contribution in [0.1, 0.15) is 0 Å². The highest BCUT2D eigenvalue weighted by Gasteiger charge is 2.26. The van der Waals surface area contributed by atoms with E-state index in [0.29, 0.717) is 0 Å². The van der Waals surface area contributed by atoms with Crippen molar-refractivity contribution in [3.05, 3.63) is 30.5 Å². The molecule has 1 aromatic heterocycles. The summed E-state index contributed by atoms with van der Waals surface area (Å²) in [5.41, 5.74) is 0. The van der Waals surface area contributed by atoms with Crippen molar-refractivity contribution >= 4 is 27.7 Å². The van der Waals surface area contributed by atoms with Gasteiger partial charge in [-0.3, -0.25) is 9.59 Å². The zero-order valence-electron chi connectivity index (χ0n) is 8.40. The first kappa shape index (κ1) is 11.4. The first-order valence-electron chi connectivity index (χ1n) is 4.44. The van der Waals surface area contributed by atoms with Gasteiger partial charge in [0.15, 0.2) is 0 Å². The van der Waals surface area contributed by atoms with Gasteiger partial charge in [-0.15, -0.1) is 0 Å². The van der Waals surface area contributed by atoms with Crippen LogP contribution in [0.2, 0.25) is 0 Å². The summed E-state index contributed by atoms with van der Waals surface area (Å²) in [5.74, 6) is -0.992. The van der Waals surface area contributed by atoms with Crippen molar-refractivity contribution < 1.29 is 18.0 Å². The summed E-state index contributed by atoms with van der Waals surface area (Å²) in [7, 11) is -3.84. The van der Waals surface area contributed by atoms with Crippen LogP contribution >= 0.6 is 0 Å². The minimum atomic E-state index is -3.84. The Morgan fingerprint density at radius 1 is 1.12 bits per heavy atom. The molecule has 1 aromatic rings. The van der Waals surface area contributed by atoms with Crippen molar-refractivity contribution in [1.29, 1.82) is 0 Å². The van der Waals surface area contributed by atoms with E-state index in [1.54, 1.807) is 0 Å². The predicted molar refractivity (Wildman–Crippen MR) is 57.2 cm³/mol. The normalized spacial score (nSPS) is 15.7. The summed E-state index contributed by atoms with van der Waals surface area (Å²) in [4.78, 5) is 27.0. The fourth-order valence-electron chi connectivity index (χ4n) is 1.30. The van der Waals surface area contributed by atoms with Crippen molar-refractivity contribution in [1.82, 2.24) is 4.98 Å². The zero-order valence-corrected chi connectivity index (χ0v) is 9.22. The summed E-state index contributed by atoms with van der Waals surface area (Å²) < 4.78 is 21.9.